The maximum atomic E-state index is 13.3. The second-order valence-electron chi connectivity index (χ2n) is 11.2. The standard InChI is InChI=1S/C28H41N3O7/c1-18(24(35)29-20(26(37)38)13-14-22(33)34)15-16-31(7)25(36)23(27(2,3)4)30-21(32)17-28(5,6)19-11-9-8-10-12-19/h8-12,15,20,23H,13-14,16-17H2,1-7H3,(H,29,35)(H,30,32)(H,33,34)(H,37,38)/b18-15+/t20-,23-/m1/s1. The quantitative estimate of drug-likeness (QED) is 0.286. The minimum absolute atomic E-state index is 0.0446. The Labute approximate surface area is 224 Å². The summed E-state index contributed by atoms with van der Waals surface area (Å²) in [5, 5.41) is 23.2. The fourth-order valence-corrected chi connectivity index (χ4v) is 3.73. The molecule has 0 aliphatic heterocycles. The molecule has 0 saturated heterocycles. The van der Waals surface area contributed by atoms with Gasteiger partial charge in [0.15, 0.2) is 0 Å². The second kappa shape index (κ2) is 13.7. The van der Waals surface area contributed by atoms with Gasteiger partial charge in [0.2, 0.25) is 17.7 Å². The Hall–Kier alpha value is -3.69. The van der Waals surface area contributed by atoms with Gasteiger partial charge in [0.1, 0.15) is 12.1 Å². The van der Waals surface area contributed by atoms with E-state index in [2.05, 4.69) is 10.6 Å². The maximum absolute atomic E-state index is 13.3. The van der Waals surface area contributed by atoms with Crippen LogP contribution in [-0.2, 0) is 29.4 Å². The molecule has 0 saturated carbocycles. The largest absolute Gasteiger partial charge is 0.481 e. The lowest BCUT2D eigenvalue weighted by atomic mass is 9.80. The molecule has 0 aromatic heterocycles. The van der Waals surface area contributed by atoms with E-state index in [1.807, 2.05) is 65.0 Å². The van der Waals surface area contributed by atoms with Gasteiger partial charge in [-0.05, 0) is 29.7 Å². The van der Waals surface area contributed by atoms with E-state index in [9.17, 15) is 29.1 Å². The summed E-state index contributed by atoms with van der Waals surface area (Å²) in [6, 6.07) is 7.50. The van der Waals surface area contributed by atoms with Gasteiger partial charge in [-0.1, -0.05) is 71.0 Å². The molecule has 0 aliphatic rings. The molecule has 4 N–H and O–H groups in total. The summed E-state index contributed by atoms with van der Waals surface area (Å²) >= 11 is 0. The average molecular weight is 532 g/mol. The summed E-state index contributed by atoms with van der Waals surface area (Å²) in [7, 11) is 1.55. The number of aliphatic carboxylic acids is 2. The molecule has 2 atom stereocenters. The Morgan fingerprint density at radius 1 is 0.974 bits per heavy atom. The van der Waals surface area contributed by atoms with Crippen LogP contribution in [0.4, 0.5) is 0 Å². The first-order valence-corrected chi connectivity index (χ1v) is 12.5. The van der Waals surface area contributed by atoms with Gasteiger partial charge in [0.05, 0.1) is 0 Å². The highest BCUT2D eigenvalue weighted by atomic mass is 16.4. The summed E-state index contributed by atoms with van der Waals surface area (Å²) < 4.78 is 0. The Morgan fingerprint density at radius 2 is 1.55 bits per heavy atom. The number of likely N-dealkylation sites (N-methyl/N-ethyl adjacent to an activating group) is 1. The van der Waals surface area contributed by atoms with Crippen molar-refractivity contribution in [3.8, 4) is 0 Å². The molecule has 1 aromatic rings. The third-order valence-corrected chi connectivity index (χ3v) is 6.23. The molecule has 3 amide bonds. The lowest BCUT2D eigenvalue weighted by Gasteiger charge is -2.34. The van der Waals surface area contributed by atoms with Crippen LogP contribution in [0.3, 0.4) is 0 Å². The van der Waals surface area contributed by atoms with E-state index >= 15 is 0 Å². The minimum Gasteiger partial charge on any atom is -0.481 e. The molecule has 10 heteroatoms. The first kappa shape index (κ1) is 32.3. The molecule has 10 nitrogen and oxygen atoms in total. The van der Waals surface area contributed by atoms with Crippen LogP contribution < -0.4 is 10.6 Å². The number of hydrogen-bond donors (Lipinski definition) is 4. The van der Waals surface area contributed by atoms with Crippen LogP contribution in [-0.4, -0.2) is 70.4 Å². The second-order valence-corrected chi connectivity index (χ2v) is 11.2. The number of hydrogen-bond acceptors (Lipinski definition) is 5. The fourth-order valence-electron chi connectivity index (χ4n) is 3.73. The number of carbonyl (C=O) groups is 5. The Balaban J connectivity index is 2.88. The summed E-state index contributed by atoms with van der Waals surface area (Å²) in [6.45, 7) is 11.0. The average Bonchev–Trinajstić information content (AvgIpc) is 2.81. The van der Waals surface area contributed by atoms with Crippen LogP contribution in [0.15, 0.2) is 42.0 Å². The molecule has 0 aliphatic carbocycles. The van der Waals surface area contributed by atoms with E-state index in [4.69, 9.17) is 5.11 Å². The highest BCUT2D eigenvalue weighted by molar-refractivity contribution is 5.95. The Bertz CT molecular complexity index is 1040. The first-order valence-electron chi connectivity index (χ1n) is 12.5. The van der Waals surface area contributed by atoms with Crippen LogP contribution in [0.2, 0.25) is 0 Å². The zero-order chi connectivity index (χ0) is 29.3. The smallest absolute Gasteiger partial charge is 0.326 e. The van der Waals surface area contributed by atoms with Crippen LogP contribution in [0.1, 0.15) is 66.4 Å². The van der Waals surface area contributed by atoms with Crippen LogP contribution in [0.25, 0.3) is 0 Å². The highest BCUT2D eigenvalue weighted by Crippen LogP contribution is 2.28. The summed E-state index contributed by atoms with van der Waals surface area (Å²) in [6.07, 6.45) is 1.01. The van der Waals surface area contributed by atoms with Crippen LogP contribution in [0.5, 0.6) is 0 Å². The SMILES string of the molecule is C/C(=C\CN(C)C(=O)[C@@H](NC(=O)CC(C)(C)c1ccccc1)C(C)(C)C)C(=O)N[C@H](CCC(=O)O)C(=O)O. The highest BCUT2D eigenvalue weighted by Gasteiger charge is 2.36. The number of benzene rings is 1. The van der Waals surface area contributed by atoms with Gasteiger partial charge in [-0.2, -0.15) is 0 Å². The van der Waals surface area contributed by atoms with Crippen molar-refractivity contribution in [1.82, 2.24) is 15.5 Å². The molecular formula is C28H41N3O7. The Kier molecular flexibility index (Phi) is 11.7. The summed E-state index contributed by atoms with van der Waals surface area (Å²) in [5.74, 6) is -3.77. The van der Waals surface area contributed by atoms with Crippen LogP contribution in [0, 0.1) is 5.41 Å². The molecule has 38 heavy (non-hydrogen) atoms. The van der Waals surface area contributed by atoms with Crippen molar-refractivity contribution in [1.29, 1.82) is 0 Å². The van der Waals surface area contributed by atoms with Crippen molar-refractivity contribution in [3.05, 3.63) is 47.5 Å². The fraction of sp³-hybridized carbons (Fsp3) is 0.536. The topological polar surface area (TPSA) is 153 Å². The molecule has 0 spiro atoms. The van der Waals surface area contributed by atoms with Gasteiger partial charge >= 0.3 is 11.9 Å². The van der Waals surface area contributed by atoms with Crippen molar-refractivity contribution in [2.45, 2.75) is 78.3 Å². The molecule has 0 bridgehead atoms. The lowest BCUT2D eigenvalue weighted by molar-refractivity contribution is -0.142. The summed E-state index contributed by atoms with van der Waals surface area (Å²) in [4.78, 5) is 62.2. The molecular weight excluding hydrogens is 490 g/mol. The predicted molar refractivity (Wildman–Crippen MR) is 143 cm³/mol. The summed E-state index contributed by atoms with van der Waals surface area (Å²) in [5.41, 5.74) is 0.159. The van der Waals surface area contributed by atoms with E-state index < -0.39 is 47.2 Å². The molecule has 0 unspecified atom stereocenters. The van der Waals surface area contributed by atoms with Crippen molar-refractivity contribution < 1.29 is 34.2 Å². The number of carboxylic acid groups (broad SMARTS) is 2. The third-order valence-electron chi connectivity index (χ3n) is 6.23. The van der Waals surface area contributed by atoms with Crippen LogP contribution >= 0.6 is 0 Å². The minimum atomic E-state index is -1.35. The van der Waals surface area contributed by atoms with E-state index in [0.717, 1.165) is 5.56 Å². The van der Waals surface area contributed by atoms with Crippen molar-refractivity contribution >= 4 is 29.7 Å². The van der Waals surface area contributed by atoms with E-state index in [1.165, 1.54) is 17.9 Å². The van der Waals surface area contributed by atoms with Gasteiger partial charge in [0.25, 0.3) is 0 Å². The molecule has 1 rings (SSSR count). The molecule has 210 valence electrons. The van der Waals surface area contributed by atoms with E-state index in [1.54, 1.807) is 7.05 Å². The normalized spacial score (nSPS) is 13.7. The lowest BCUT2D eigenvalue weighted by Crippen LogP contribution is -2.54. The molecule has 0 radical (unpaired) electrons. The zero-order valence-corrected chi connectivity index (χ0v) is 23.3. The number of nitrogens with zero attached hydrogens (tertiary/aromatic N) is 1. The third kappa shape index (κ3) is 10.4. The number of amides is 3. The van der Waals surface area contributed by atoms with Crippen molar-refractivity contribution in [2.75, 3.05) is 13.6 Å². The molecule has 0 fully saturated rings. The number of rotatable bonds is 13. The Morgan fingerprint density at radius 3 is 2.05 bits per heavy atom. The number of carboxylic acids is 2. The number of nitrogens with one attached hydrogen (secondary N) is 2. The van der Waals surface area contributed by atoms with Gasteiger partial charge in [-0.3, -0.25) is 19.2 Å². The molecule has 0 heterocycles. The van der Waals surface area contributed by atoms with E-state index in [0.29, 0.717) is 0 Å². The molecule has 1 aromatic carbocycles. The predicted octanol–water partition coefficient (Wildman–Crippen LogP) is 2.72. The maximum Gasteiger partial charge on any atom is 0.326 e. The number of carbonyl (C=O) groups excluding carboxylic acids is 3. The first-order chi connectivity index (χ1) is 17.5. The van der Waals surface area contributed by atoms with Crippen molar-refractivity contribution in [2.24, 2.45) is 5.41 Å². The van der Waals surface area contributed by atoms with Crippen molar-refractivity contribution in [3.63, 3.8) is 0 Å². The zero-order valence-electron chi connectivity index (χ0n) is 23.3. The monoisotopic (exact) mass is 531 g/mol. The van der Waals surface area contributed by atoms with E-state index in [-0.39, 0.29) is 36.8 Å². The van der Waals surface area contributed by atoms with Gasteiger partial charge in [-0.25, -0.2) is 4.79 Å². The van der Waals surface area contributed by atoms with Gasteiger partial charge in [0, 0.05) is 32.0 Å². The van der Waals surface area contributed by atoms with Gasteiger partial charge in [-0.15, -0.1) is 0 Å². The van der Waals surface area contributed by atoms with Gasteiger partial charge < -0.3 is 25.7 Å².